The van der Waals surface area contributed by atoms with Gasteiger partial charge in [0, 0.05) is 0 Å². The molecule has 0 saturated carbocycles. The largest absolute Gasteiger partial charge is 0.508 e. The second kappa shape index (κ2) is 5.38. The first kappa shape index (κ1) is 14.5. The van der Waals surface area contributed by atoms with Crippen LogP contribution in [0.2, 0.25) is 0 Å². The molecular formula is C16H14O5S. The van der Waals surface area contributed by atoms with Crippen LogP contribution in [0.3, 0.4) is 0 Å². The Bertz CT molecular complexity index is 835. The fourth-order valence-electron chi connectivity index (χ4n) is 2.21. The highest BCUT2D eigenvalue weighted by Gasteiger charge is 2.30. The first-order chi connectivity index (χ1) is 10.5. The number of phenolic OH excluding ortho intramolecular Hbond substituents is 1. The SMILES string of the molecule is COc1ccc(OCC2=Cc3ccc(O)cc3S2(=O)=O)cc1. The molecule has 0 spiro atoms. The summed E-state index contributed by atoms with van der Waals surface area (Å²) in [4.78, 5) is 0.282. The van der Waals surface area contributed by atoms with Gasteiger partial charge in [0.1, 0.15) is 23.9 Å². The summed E-state index contributed by atoms with van der Waals surface area (Å²) in [5.74, 6) is 1.17. The van der Waals surface area contributed by atoms with Crippen molar-refractivity contribution in [3.63, 3.8) is 0 Å². The molecule has 0 unspecified atom stereocenters. The maximum Gasteiger partial charge on any atom is 0.206 e. The molecule has 0 bridgehead atoms. The molecule has 1 N–H and O–H groups in total. The summed E-state index contributed by atoms with van der Waals surface area (Å²) in [7, 11) is -2.03. The molecule has 1 aliphatic heterocycles. The third kappa shape index (κ3) is 2.53. The highest BCUT2D eigenvalue weighted by Crippen LogP contribution is 2.35. The Kier molecular flexibility index (Phi) is 3.54. The molecule has 1 heterocycles. The van der Waals surface area contributed by atoms with Gasteiger partial charge in [-0.1, -0.05) is 0 Å². The topological polar surface area (TPSA) is 72.8 Å². The Morgan fingerprint density at radius 2 is 1.73 bits per heavy atom. The van der Waals surface area contributed by atoms with E-state index in [2.05, 4.69) is 0 Å². The van der Waals surface area contributed by atoms with Gasteiger partial charge in [0.05, 0.1) is 16.9 Å². The van der Waals surface area contributed by atoms with Crippen LogP contribution in [0, 0.1) is 0 Å². The van der Waals surface area contributed by atoms with Crippen LogP contribution in [-0.4, -0.2) is 27.2 Å². The van der Waals surface area contributed by atoms with E-state index in [4.69, 9.17) is 9.47 Å². The molecule has 2 aromatic rings. The van der Waals surface area contributed by atoms with E-state index in [9.17, 15) is 13.5 Å². The molecule has 0 atom stereocenters. The number of fused-ring (bicyclic) bond motifs is 1. The Morgan fingerprint density at radius 3 is 2.41 bits per heavy atom. The monoisotopic (exact) mass is 318 g/mol. The molecule has 0 amide bonds. The summed E-state index contributed by atoms with van der Waals surface area (Å²) >= 11 is 0. The van der Waals surface area contributed by atoms with Crippen LogP contribution in [0.15, 0.2) is 52.3 Å². The van der Waals surface area contributed by atoms with Gasteiger partial charge >= 0.3 is 0 Å². The zero-order valence-electron chi connectivity index (χ0n) is 11.8. The zero-order chi connectivity index (χ0) is 15.7. The van der Waals surface area contributed by atoms with Crippen LogP contribution in [0.5, 0.6) is 17.2 Å². The maximum atomic E-state index is 12.4. The zero-order valence-corrected chi connectivity index (χ0v) is 12.6. The van der Waals surface area contributed by atoms with Gasteiger partial charge < -0.3 is 14.6 Å². The van der Waals surface area contributed by atoms with E-state index in [1.807, 2.05) is 0 Å². The number of benzene rings is 2. The minimum Gasteiger partial charge on any atom is -0.508 e. The van der Waals surface area contributed by atoms with Gasteiger partial charge in [-0.3, -0.25) is 0 Å². The van der Waals surface area contributed by atoms with E-state index in [0.717, 1.165) is 0 Å². The van der Waals surface area contributed by atoms with Crippen molar-refractivity contribution in [1.29, 1.82) is 0 Å². The number of hydrogen-bond donors (Lipinski definition) is 1. The van der Waals surface area contributed by atoms with Crippen molar-refractivity contribution in [1.82, 2.24) is 0 Å². The average Bonchev–Trinajstić information content (AvgIpc) is 2.76. The first-order valence-electron chi connectivity index (χ1n) is 6.56. The lowest BCUT2D eigenvalue weighted by Crippen LogP contribution is -2.08. The predicted octanol–water partition coefficient (Wildman–Crippen LogP) is 2.61. The molecule has 22 heavy (non-hydrogen) atoms. The summed E-state index contributed by atoms with van der Waals surface area (Å²) in [6, 6.07) is 11.2. The number of aromatic hydroxyl groups is 1. The van der Waals surface area contributed by atoms with Crippen LogP contribution in [0.4, 0.5) is 0 Å². The lowest BCUT2D eigenvalue weighted by Gasteiger charge is -2.08. The van der Waals surface area contributed by atoms with Crippen molar-refractivity contribution < 1.29 is 23.0 Å². The average molecular weight is 318 g/mol. The lowest BCUT2D eigenvalue weighted by molar-refractivity contribution is 0.357. The van der Waals surface area contributed by atoms with Crippen molar-refractivity contribution in [2.24, 2.45) is 0 Å². The van der Waals surface area contributed by atoms with Crippen molar-refractivity contribution in [3.05, 3.63) is 52.9 Å². The predicted molar refractivity (Wildman–Crippen MR) is 81.8 cm³/mol. The van der Waals surface area contributed by atoms with Gasteiger partial charge in [-0.25, -0.2) is 8.42 Å². The van der Waals surface area contributed by atoms with E-state index in [-0.39, 0.29) is 22.2 Å². The molecule has 114 valence electrons. The van der Waals surface area contributed by atoms with E-state index in [0.29, 0.717) is 17.1 Å². The van der Waals surface area contributed by atoms with Crippen LogP contribution in [0.1, 0.15) is 5.56 Å². The standard InChI is InChI=1S/C16H14O5S/c1-20-13-4-6-14(7-5-13)21-10-15-8-11-2-3-12(17)9-16(11)22(15,18)19/h2-9,17H,10H2,1H3. The van der Waals surface area contributed by atoms with Crippen molar-refractivity contribution in [2.45, 2.75) is 4.90 Å². The summed E-state index contributed by atoms with van der Waals surface area (Å²) in [6.45, 7) is -0.0654. The van der Waals surface area contributed by atoms with E-state index in [1.165, 1.54) is 12.1 Å². The van der Waals surface area contributed by atoms with E-state index >= 15 is 0 Å². The highest BCUT2D eigenvalue weighted by atomic mass is 32.2. The Labute approximate surface area is 128 Å². The van der Waals surface area contributed by atoms with Gasteiger partial charge in [-0.15, -0.1) is 0 Å². The van der Waals surface area contributed by atoms with Crippen LogP contribution in [-0.2, 0) is 9.84 Å². The normalized spacial score (nSPS) is 15.0. The molecular weight excluding hydrogens is 304 g/mol. The number of methoxy groups -OCH3 is 1. The summed E-state index contributed by atoms with van der Waals surface area (Å²) in [5.41, 5.74) is 0.561. The van der Waals surface area contributed by atoms with Crippen molar-refractivity contribution >= 4 is 15.9 Å². The Balaban J connectivity index is 1.79. The molecule has 0 aromatic heterocycles. The van der Waals surface area contributed by atoms with Gasteiger partial charge in [0.25, 0.3) is 0 Å². The van der Waals surface area contributed by atoms with Crippen LogP contribution in [0.25, 0.3) is 6.08 Å². The molecule has 0 radical (unpaired) electrons. The molecule has 1 aliphatic rings. The molecule has 2 aromatic carbocycles. The second-order valence-electron chi connectivity index (χ2n) is 4.80. The lowest BCUT2D eigenvalue weighted by atomic mass is 10.2. The number of sulfone groups is 1. The minimum absolute atomic E-state index is 0.0654. The molecule has 6 heteroatoms. The number of ether oxygens (including phenoxy) is 2. The van der Waals surface area contributed by atoms with Gasteiger partial charge in [-0.2, -0.15) is 0 Å². The molecule has 0 saturated heterocycles. The minimum atomic E-state index is -3.60. The molecule has 5 nitrogen and oxygen atoms in total. The maximum absolute atomic E-state index is 12.4. The van der Waals surface area contributed by atoms with Gasteiger partial charge in [0.15, 0.2) is 0 Å². The third-order valence-corrected chi connectivity index (χ3v) is 5.25. The molecule has 0 fully saturated rings. The van der Waals surface area contributed by atoms with E-state index in [1.54, 1.807) is 43.5 Å². The number of rotatable bonds is 4. The van der Waals surface area contributed by atoms with Crippen LogP contribution < -0.4 is 9.47 Å². The van der Waals surface area contributed by atoms with Crippen LogP contribution >= 0.6 is 0 Å². The molecule has 0 aliphatic carbocycles. The summed E-state index contributed by atoms with van der Waals surface area (Å²) in [5, 5.41) is 9.44. The molecule has 3 rings (SSSR count). The quantitative estimate of drug-likeness (QED) is 0.938. The summed E-state index contributed by atoms with van der Waals surface area (Å²) in [6.07, 6.45) is 1.56. The van der Waals surface area contributed by atoms with E-state index < -0.39 is 9.84 Å². The number of hydrogen-bond acceptors (Lipinski definition) is 5. The fraction of sp³-hybridized carbons (Fsp3) is 0.125. The van der Waals surface area contributed by atoms with Crippen molar-refractivity contribution in [3.8, 4) is 17.2 Å². The Hall–Kier alpha value is -2.47. The van der Waals surface area contributed by atoms with Gasteiger partial charge in [-0.05, 0) is 54.1 Å². The first-order valence-corrected chi connectivity index (χ1v) is 8.04. The second-order valence-corrected chi connectivity index (χ2v) is 6.77. The fourth-order valence-corrected chi connectivity index (χ4v) is 3.70. The van der Waals surface area contributed by atoms with Gasteiger partial charge in [0.2, 0.25) is 9.84 Å². The highest BCUT2D eigenvalue weighted by molar-refractivity contribution is 7.95. The smallest absolute Gasteiger partial charge is 0.206 e. The number of phenols is 1. The van der Waals surface area contributed by atoms with Crippen molar-refractivity contribution in [2.75, 3.05) is 13.7 Å². The third-order valence-electron chi connectivity index (χ3n) is 3.39. The summed E-state index contributed by atoms with van der Waals surface area (Å²) < 4.78 is 35.3. The Morgan fingerprint density at radius 1 is 1.05 bits per heavy atom.